The van der Waals surface area contributed by atoms with Crippen LogP contribution < -0.4 is 0 Å². The number of hydrogen-bond acceptors (Lipinski definition) is 5. The zero-order chi connectivity index (χ0) is 14.0. The standard InChI is InChI=1S/C13H15N3O2S/c1-7(2)4-9-10(13(17)18)19-12(16-9)11-14-5-8(3)6-15-11/h5-7H,4H2,1-3H3,(H,17,18). The Morgan fingerprint density at radius 3 is 2.53 bits per heavy atom. The molecule has 0 amide bonds. The highest BCUT2D eigenvalue weighted by Crippen LogP contribution is 2.27. The van der Waals surface area contributed by atoms with Crippen molar-refractivity contribution in [2.75, 3.05) is 0 Å². The first-order valence-corrected chi connectivity index (χ1v) is 6.81. The largest absolute Gasteiger partial charge is 0.477 e. The van der Waals surface area contributed by atoms with Gasteiger partial charge in [0.1, 0.15) is 4.88 Å². The summed E-state index contributed by atoms with van der Waals surface area (Å²) in [6, 6.07) is 0. The first-order valence-electron chi connectivity index (χ1n) is 5.99. The van der Waals surface area contributed by atoms with Gasteiger partial charge in [-0.15, -0.1) is 11.3 Å². The maximum atomic E-state index is 11.2. The van der Waals surface area contributed by atoms with E-state index in [1.54, 1.807) is 12.4 Å². The molecule has 0 radical (unpaired) electrons. The molecule has 0 aliphatic heterocycles. The lowest BCUT2D eigenvalue weighted by Crippen LogP contribution is -2.02. The van der Waals surface area contributed by atoms with Crippen LogP contribution in [-0.2, 0) is 6.42 Å². The van der Waals surface area contributed by atoms with E-state index in [2.05, 4.69) is 15.0 Å². The van der Waals surface area contributed by atoms with Crippen LogP contribution in [0, 0.1) is 12.8 Å². The van der Waals surface area contributed by atoms with Gasteiger partial charge in [0.05, 0.1) is 5.69 Å². The van der Waals surface area contributed by atoms with Crippen LogP contribution in [0.1, 0.15) is 34.8 Å². The quantitative estimate of drug-likeness (QED) is 0.930. The fourth-order valence-electron chi connectivity index (χ4n) is 1.64. The van der Waals surface area contributed by atoms with Crippen molar-refractivity contribution in [1.82, 2.24) is 15.0 Å². The Morgan fingerprint density at radius 2 is 2.00 bits per heavy atom. The average molecular weight is 277 g/mol. The minimum atomic E-state index is -0.938. The van der Waals surface area contributed by atoms with Gasteiger partial charge in [0.15, 0.2) is 10.8 Å². The van der Waals surface area contributed by atoms with Crippen molar-refractivity contribution in [2.24, 2.45) is 5.92 Å². The average Bonchev–Trinajstić information content (AvgIpc) is 2.73. The molecule has 6 heteroatoms. The van der Waals surface area contributed by atoms with E-state index < -0.39 is 5.97 Å². The third-order valence-corrected chi connectivity index (χ3v) is 3.55. The van der Waals surface area contributed by atoms with Crippen LogP contribution in [0.5, 0.6) is 0 Å². The van der Waals surface area contributed by atoms with Gasteiger partial charge in [-0.05, 0) is 24.8 Å². The summed E-state index contributed by atoms with van der Waals surface area (Å²) < 4.78 is 0. The molecular weight excluding hydrogens is 262 g/mol. The minimum absolute atomic E-state index is 0.285. The highest BCUT2D eigenvalue weighted by Gasteiger charge is 2.19. The highest BCUT2D eigenvalue weighted by atomic mass is 32.1. The lowest BCUT2D eigenvalue weighted by Gasteiger charge is -2.01. The summed E-state index contributed by atoms with van der Waals surface area (Å²) in [5.41, 5.74) is 1.58. The fraction of sp³-hybridized carbons (Fsp3) is 0.385. The van der Waals surface area contributed by atoms with Crippen LogP contribution in [0.3, 0.4) is 0 Å². The molecule has 0 aromatic carbocycles. The Morgan fingerprint density at radius 1 is 1.37 bits per heavy atom. The number of carbonyl (C=O) groups is 1. The zero-order valence-electron chi connectivity index (χ0n) is 11.0. The molecule has 2 aromatic rings. The van der Waals surface area contributed by atoms with E-state index in [0.29, 0.717) is 28.9 Å². The van der Waals surface area contributed by atoms with Crippen LogP contribution in [0.15, 0.2) is 12.4 Å². The van der Waals surface area contributed by atoms with Gasteiger partial charge >= 0.3 is 5.97 Å². The fourth-order valence-corrected chi connectivity index (χ4v) is 2.52. The summed E-state index contributed by atoms with van der Waals surface area (Å²) in [6.45, 7) is 5.97. The normalized spacial score (nSPS) is 10.9. The van der Waals surface area contributed by atoms with Gasteiger partial charge in [-0.2, -0.15) is 0 Å². The molecule has 2 aromatic heterocycles. The molecule has 100 valence electrons. The number of aromatic carboxylic acids is 1. The van der Waals surface area contributed by atoms with E-state index in [9.17, 15) is 9.90 Å². The van der Waals surface area contributed by atoms with Gasteiger partial charge in [0.25, 0.3) is 0 Å². The van der Waals surface area contributed by atoms with Crippen LogP contribution in [-0.4, -0.2) is 26.0 Å². The summed E-state index contributed by atoms with van der Waals surface area (Å²) in [4.78, 5) is 24.3. The van der Waals surface area contributed by atoms with E-state index >= 15 is 0 Å². The van der Waals surface area contributed by atoms with E-state index in [1.165, 1.54) is 0 Å². The monoisotopic (exact) mass is 277 g/mol. The molecule has 2 heterocycles. The van der Waals surface area contributed by atoms with Gasteiger partial charge in [0, 0.05) is 12.4 Å². The van der Waals surface area contributed by atoms with Crippen molar-refractivity contribution in [2.45, 2.75) is 27.2 Å². The molecule has 0 bridgehead atoms. The number of aryl methyl sites for hydroxylation is 1. The third-order valence-electron chi connectivity index (χ3n) is 2.47. The molecule has 5 nitrogen and oxygen atoms in total. The predicted molar refractivity (Wildman–Crippen MR) is 73.4 cm³/mol. The lowest BCUT2D eigenvalue weighted by molar-refractivity contribution is 0.0700. The maximum absolute atomic E-state index is 11.2. The van der Waals surface area contributed by atoms with Gasteiger partial charge in [0.2, 0.25) is 0 Å². The summed E-state index contributed by atoms with van der Waals surface area (Å²) in [5.74, 6) is -0.105. The summed E-state index contributed by atoms with van der Waals surface area (Å²) in [6.07, 6.45) is 4.04. The van der Waals surface area contributed by atoms with Crippen LogP contribution in [0.25, 0.3) is 10.8 Å². The first-order chi connectivity index (χ1) is 8.97. The Bertz CT molecular complexity index is 590. The van der Waals surface area contributed by atoms with Crippen molar-refractivity contribution in [3.63, 3.8) is 0 Å². The lowest BCUT2D eigenvalue weighted by atomic mass is 10.1. The number of rotatable bonds is 4. The van der Waals surface area contributed by atoms with Crippen LogP contribution >= 0.6 is 11.3 Å². The molecule has 2 rings (SSSR count). The second kappa shape index (κ2) is 5.44. The number of thiazole rings is 1. The highest BCUT2D eigenvalue weighted by molar-refractivity contribution is 7.16. The maximum Gasteiger partial charge on any atom is 0.347 e. The van der Waals surface area contributed by atoms with Gasteiger partial charge in [-0.25, -0.2) is 19.7 Å². The van der Waals surface area contributed by atoms with E-state index in [0.717, 1.165) is 16.9 Å². The Hall–Kier alpha value is -1.82. The topological polar surface area (TPSA) is 76.0 Å². The van der Waals surface area contributed by atoms with Crippen molar-refractivity contribution < 1.29 is 9.90 Å². The second-order valence-corrected chi connectivity index (χ2v) is 5.78. The predicted octanol–water partition coefficient (Wildman–Crippen LogP) is 2.81. The van der Waals surface area contributed by atoms with E-state index in [-0.39, 0.29) is 4.88 Å². The van der Waals surface area contributed by atoms with Gasteiger partial charge in [-0.3, -0.25) is 0 Å². The molecule has 0 atom stereocenters. The van der Waals surface area contributed by atoms with Gasteiger partial charge < -0.3 is 5.11 Å². The number of aromatic nitrogens is 3. The first kappa shape index (κ1) is 13.6. The minimum Gasteiger partial charge on any atom is -0.477 e. The molecule has 0 aliphatic carbocycles. The third kappa shape index (κ3) is 3.14. The molecule has 0 aliphatic rings. The molecule has 1 N–H and O–H groups in total. The zero-order valence-corrected chi connectivity index (χ0v) is 11.9. The summed E-state index contributed by atoms with van der Waals surface area (Å²) in [5, 5.41) is 9.78. The number of carboxylic acids is 1. The van der Waals surface area contributed by atoms with Crippen molar-refractivity contribution in [3.8, 4) is 10.8 Å². The molecule has 0 fully saturated rings. The molecule has 0 spiro atoms. The molecule has 0 unspecified atom stereocenters. The second-order valence-electron chi connectivity index (χ2n) is 4.78. The number of nitrogens with zero attached hydrogens (tertiary/aromatic N) is 3. The van der Waals surface area contributed by atoms with E-state index in [4.69, 9.17) is 0 Å². The van der Waals surface area contributed by atoms with Crippen LogP contribution in [0.4, 0.5) is 0 Å². The van der Waals surface area contributed by atoms with Crippen LogP contribution in [0.2, 0.25) is 0 Å². The Labute approximate surface area is 115 Å². The SMILES string of the molecule is Cc1cnc(-c2nc(CC(C)C)c(C(=O)O)s2)nc1. The Kier molecular flexibility index (Phi) is 3.90. The van der Waals surface area contributed by atoms with Crippen molar-refractivity contribution >= 4 is 17.3 Å². The van der Waals surface area contributed by atoms with Crippen molar-refractivity contribution in [3.05, 3.63) is 28.5 Å². The molecule has 0 saturated heterocycles. The molecule has 0 saturated carbocycles. The number of carboxylic acid groups (broad SMARTS) is 1. The van der Waals surface area contributed by atoms with Crippen molar-refractivity contribution in [1.29, 1.82) is 0 Å². The summed E-state index contributed by atoms with van der Waals surface area (Å²) >= 11 is 1.13. The Balaban J connectivity index is 2.42. The smallest absolute Gasteiger partial charge is 0.347 e. The van der Waals surface area contributed by atoms with Gasteiger partial charge in [-0.1, -0.05) is 13.8 Å². The molecular formula is C13H15N3O2S. The summed E-state index contributed by atoms with van der Waals surface area (Å²) in [7, 11) is 0. The number of hydrogen-bond donors (Lipinski definition) is 1. The van der Waals surface area contributed by atoms with E-state index in [1.807, 2.05) is 20.8 Å². The molecule has 19 heavy (non-hydrogen) atoms.